The van der Waals surface area contributed by atoms with Gasteiger partial charge in [0.15, 0.2) is 0 Å². The number of aryl methyl sites for hydroxylation is 1. The monoisotopic (exact) mass is 222 g/mol. The number of rotatable bonds is 2. The van der Waals surface area contributed by atoms with Gasteiger partial charge >= 0.3 is 0 Å². The summed E-state index contributed by atoms with van der Waals surface area (Å²) in [6, 6.07) is 0. The van der Waals surface area contributed by atoms with Crippen molar-refractivity contribution in [3.05, 3.63) is 17.6 Å². The minimum atomic E-state index is -0.138. The summed E-state index contributed by atoms with van der Waals surface area (Å²) in [5, 5.41) is 19.1. The zero-order valence-electron chi connectivity index (χ0n) is 9.80. The Bertz CT molecular complexity index is 480. The predicted octanol–water partition coefficient (Wildman–Crippen LogP) is 0.710. The van der Waals surface area contributed by atoms with Gasteiger partial charge < -0.3 is 4.42 Å². The van der Waals surface area contributed by atoms with Gasteiger partial charge in [0.1, 0.15) is 12.4 Å². The van der Waals surface area contributed by atoms with Crippen molar-refractivity contribution in [2.75, 3.05) is 0 Å². The first kappa shape index (κ1) is 10.7. The summed E-state index contributed by atoms with van der Waals surface area (Å²) >= 11 is 0. The summed E-state index contributed by atoms with van der Waals surface area (Å²) in [7, 11) is 0. The molecule has 2 rings (SSSR count). The van der Waals surface area contributed by atoms with Crippen LogP contribution in [-0.4, -0.2) is 30.4 Å². The van der Waals surface area contributed by atoms with E-state index in [1.807, 2.05) is 27.7 Å². The maximum atomic E-state index is 5.54. The molecular weight excluding hydrogens is 208 g/mol. The summed E-state index contributed by atoms with van der Waals surface area (Å²) in [5.74, 6) is 1.85. The molecule has 0 aliphatic heterocycles. The fourth-order valence-electron chi connectivity index (χ4n) is 1.14. The van der Waals surface area contributed by atoms with Crippen molar-refractivity contribution in [2.45, 2.75) is 39.7 Å². The highest BCUT2D eigenvalue weighted by Crippen LogP contribution is 2.20. The molecule has 0 saturated heterocycles. The normalized spacial score (nSPS) is 12.0. The smallest absolute Gasteiger partial charge is 0.238 e. The van der Waals surface area contributed by atoms with E-state index in [0.717, 1.165) is 5.82 Å². The zero-order chi connectivity index (χ0) is 11.8. The van der Waals surface area contributed by atoms with Crippen molar-refractivity contribution in [3.63, 3.8) is 0 Å². The fourth-order valence-corrected chi connectivity index (χ4v) is 1.14. The van der Waals surface area contributed by atoms with E-state index in [4.69, 9.17) is 4.42 Å². The molecule has 0 fully saturated rings. The third-order valence-corrected chi connectivity index (χ3v) is 2.10. The van der Waals surface area contributed by atoms with Gasteiger partial charge in [0.25, 0.3) is 0 Å². The Kier molecular flexibility index (Phi) is 2.45. The highest BCUT2D eigenvalue weighted by Gasteiger charge is 2.21. The Morgan fingerprint density at radius 2 is 1.94 bits per heavy atom. The van der Waals surface area contributed by atoms with Crippen LogP contribution in [0, 0.1) is 6.92 Å². The SMILES string of the molecule is Cc1nnnn1Cc1nnc(C(C)(C)C)o1. The molecule has 86 valence electrons. The standard InChI is InChI=1S/C9H14N6O/c1-6-10-13-14-15(6)5-7-11-12-8(16-7)9(2,3)4/h5H2,1-4H3. The largest absolute Gasteiger partial charge is 0.423 e. The second-order valence-corrected chi connectivity index (χ2v) is 4.63. The molecule has 0 amide bonds. The Balaban J connectivity index is 2.18. The average molecular weight is 222 g/mol. The molecule has 0 aromatic carbocycles. The number of aromatic nitrogens is 6. The van der Waals surface area contributed by atoms with Crippen LogP contribution < -0.4 is 0 Å². The van der Waals surface area contributed by atoms with E-state index in [1.165, 1.54) is 0 Å². The van der Waals surface area contributed by atoms with Crippen molar-refractivity contribution in [1.29, 1.82) is 0 Å². The number of nitrogens with zero attached hydrogens (tertiary/aromatic N) is 6. The molecule has 0 atom stereocenters. The molecule has 0 spiro atoms. The van der Waals surface area contributed by atoms with E-state index < -0.39 is 0 Å². The van der Waals surface area contributed by atoms with Crippen molar-refractivity contribution in [1.82, 2.24) is 30.4 Å². The molecule has 0 bridgehead atoms. The second kappa shape index (κ2) is 3.66. The third kappa shape index (κ3) is 2.07. The van der Waals surface area contributed by atoms with Crippen molar-refractivity contribution in [3.8, 4) is 0 Å². The minimum Gasteiger partial charge on any atom is -0.423 e. The topological polar surface area (TPSA) is 82.5 Å². The zero-order valence-corrected chi connectivity index (χ0v) is 9.80. The maximum Gasteiger partial charge on any atom is 0.238 e. The molecular formula is C9H14N6O. The first-order valence-electron chi connectivity index (χ1n) is 5.02. The number of tetrazole rings is 1. The van der Waals surface area contributed by atoms with Gasteiger partial charge in [-0.1, -0.05) is 20.8 Å². The van der Waals surface area contributed by atoms with Gasteiger partial charge in [-0.15, -0.1) is 15.3 Å². The number of hydrogen-bond acceptors (Lipinski definition) is 6. The molecule has 2 aromatic heterocycles. The number of hydrogen-bond donors (Lipinski definition) is 0. The molecule has 7 nitrogen and oxygen atoms in total. The van der Waals surface area contributed by atoms with Crippen LogP contribution in [-0.2, 0) is 12.0 Å². The average Bonchev–Trinajstić information content (AvgIpc) is 2.76. The van der Waals surface area contributed by atoms with Gasteiger partial charge in [-0.05, 0) is 17.4 Å². The van der Waals surface area contributed by atoms with Gasteiger partial charge in [0.2, 0.25) is 11.8 Å². The van der Waals surface area contributed by atoms with Gasteiger partial charge in [0, 0.05) is 5.41 Å². The highest BCUT2D eigenvalue weighted by molar-refractivity contribution is 4.96. The van der Waals surface area contributed by atoms with Gasteiger partial charge in [0.05, 0.1) is 0 Å². The van der Waals surface area contributed by atoms with Crippen molar-refractivity contribution in [2.24, 2.45) is 0 Å². The van der Waals surface area contributed by atoms with E-state index in [2.05, 4.69) is 25.7 Å². The van der Waals surface area contributed by atoms with Gasteiger partial charge in [-0.3, -0.25) is 0 Å². The maximum absolute atomic E-state index is 5.54. The minimum absolute atomic E-state index is 0.138. The molecule has 2 aromatic rings. The first-order chi connectivity index (χ1) is 7.47. The molecule has 0 aliphatic carbocycles. The lowest BCUT2D eigenvalue weighted by atomic mass is 9.97. The second-order valence-electron chi connectivity index (χ2n) is 4.63. The van der Waals surface area contributed by atoms with Crippen LogP contribution in [0.5, 0.6) is 0 Å². The van der Waals surface area contributed by atoms with Gasteiger partial charge in [-0.25, -0.2) is 4.68 Å². The third-order valence-electron chi connectivity index (χ3n) is 2.10. The van der Waals surface area contributed by atoms with E-state index in [9.17, 15) is 0 Å². The first-order valence-corrected chi connectivity index (χ1v) is 5.02. The quantitative estimate of drug-likeness (QED) is 0.744. The summed E-state index contributed by atoms with van der Waals surface area (Å²) < 4.78 is 7.15. The molecule has 7 heteroatoms. The van der Waals surface area contributed by atoms with E-state index in [0.29, 0.717) is 18.3 Å². The lowest BCUT2D eigenvalue weighted by Crippen LogP contribution is -2.11. The molecule has 0 aliphatic rings. The highest BCUT2D eigenvalue weighted by atomic mass is 16.4. The van der Waals surface area contributed by atoms with Crippen molar-refractivity contribution < 1.29 is 4.42 Å². The predicted molar refractivity (Wildman–Crippen MR) is 54.7 cm³/mol. The molecule has 0 radical (unpaired) electrons. The lowest BCUT2D eigenvalue weighted by Gasteiger charge is -2.10. The summed E-state index contributed by atoms with van der Waals surface area (Å²) in [5.41, 5.74) is -0.138. The van der Waals surface area contributed by atoms with Gasteiger partial charge in [-0.2, -0.15) is 0 Å². The summed E-state index contributed by atoms with van der Waals surface area (Å²) in [6.07, 6.45) is 0. The van der Waals surface area contributed by atoms with Crippen LogP contribution in [0.2, 0.25) is 0 Å². The van der Waals surface area contributed by atoms with E-state index >= 15 is 0 Å². The summed E-state index contributed by atoms with van der Waals surface area (Å²) in [6.45, 7) is 8.29. The summed E-state index contributed by atoms with van der Waals surface area (Å²) in [4.78, 5) is 0. The lowest BCUT2D eigenvalue weighted by molar-refractivity contribution is 0.361. The Morgan fingerprint density at radius 3 is 2.44 bits per heavy atom. The molecule has 16 heavy (non-hydrogen) atoms. The Morgan fingerprint density at radius 1 is 1.19 bits per heavy atom. The van der Waals surface area contributed by atoms with Crippen LogP contribution >= 0.6 is 0 Å². The molecule has 2 heterocycles. The molecule has 0 saturated carbocycles. The van der Waals surface area contributed by atoms with E-state index in [-0.39, 0.29) is 5.41 Å². The molecule has 0 unspecified atom stereocenters. The van der Waals surface area contributed by atoms with Crippen molar-refractivity contribution >= 4 is 0 Å². The Labute approximate surface area is 92.9 Å². The van der Waals surface area contributed by atoms with Crippen LogP contribution in [0.25, 0.3) is 0 Å². The van der Waals surface area contributed by atoms with Crippen LogP contribution in [0.15, 0.2) is 4.42 Å². The Hall–Kier alpha value is -1.79. The van der Waals surface area contributed by atoms with Crippen LogP contribution in [0.4, 0.5) is 0 Å². The molecule has 0 N–H and O–H groups in total. The van der Waals surface area contributed by atoms with Crippen LogP contribution in [0.1, 0.15) is 38.4 Å². The van der Waals surface area contributed by atoms with Crippen LogP contribution in [0.3, 0.4) is 0 Å². The van der Waals surface area contributed by atoms with E-state index in [1.54, 1.807) is 4.68 Å². The fraction of sp³-hybridized carbons (Fsp3) is 0.667.